The fourth-order valence-corrected chi connectivity index (χ4v) is 3.77. The van der Waals surface area contributed by atoms with E-state index >= 15 is 0 Å². The molecule has 0 amide bonds. The fraction of sp³-hybridized carbons (Fsp3) is 0.240. The van der Waals surface area contributed by atoms with Gasteiger partial charge < -0.3 is 10.6 Å². The van der Waals surface area contributed by atoms with Gasteiger partial charge in [0.2, 0.25) is 0 Å². The van der Waals surface area contributed by atoms with Crippen molar-refractivity contribution in [1.29, 1.82) is 0 Å². The lowest BCUT2D eigenvalue weighted by molar-refractivity contribution is -0.137. The van der Waals surface area contributed by atoms with Gasteiger partial charge in [-0.15, -0.1) is 0 Å². The van der Waals surface area contributed by atoms with E-state index in [9.17, 15) is 17.6 Å². The molecule has 0 bridgehead atoms. The summed E-state index contributed by atoms with van der Waals surface area (Å²) in [4.78, 5) is 13.3. The molecular weight excluding hydrogens is 446 g/mol. The van der Waals surface area contributed by atoms with Crippen LogP contribution in [0.5, 0.6) is 0 Å². The Kier molecular flexibility index (Phi) is 5.55. The number of halogens is 4. The molecule has 0 radical (unpaired) electrons. The highest BCUT2D eigenvalue weighted by Gasteiger charge is 2.34. The Morgan fingerprint density at radius 3 is 2.38 bits per heavy atom. The van der Waals surface area contributed by atoms with Gasteiger partial charge in [0.1, 0.15) is 23.3 Å². The van der Waals surface area contributed by atoms with E-state index in [-0.39, 0.29) is 28.5 Å². The van der Waals surface area contributed by atoms with Gasteiger partial charge in [0.25, 0.3) is 0 Å². The van der Waals surface area contributed by atoms with Gasteiger partial charge in [-0.25, -0.2) is 14.4 Å². The molecule has 1 saturated carbocycles. The quantitative estimate of drug-likeness (QED) is 0.450. The number of nitrogens with one attached hydrogen (secondary N) is 2. The topological polar surface area (TPSA) is 62.2 Å². The highest BCUT2D eigenvalue weighted by Crippen LogP contribution is 2.37. The SMILES string of the molecule is CC1=C(Nc2cc(-c3ccccc3F)nc(-c3ccccc3C(F)(F)F)n2)NC(C2CC2)=NC1. The van der Waals surface area contributed by atoms with Crippen LogP contribution in [-0.2, 0) is 6.18 Å². The molecule has 1 aromatic heterocycles. The molecule has 0 saturated heterocycles. The number of alkyl halides is 3. The van der Waals surface area contributed by atoms with Crippen LogP contribution in [0.15, 0.2) is 71.0 Å². The maximum Gasteiger partial charge on any atom is 0.417 e. The second kappa shape index (κ2) is 8.55. The summed E-state index contributed by atoms with van der Waals surface area (Å²) in [7, 11) is 0. The van der Waals surface area contributed by atoms with E-state index in [2.05, 4.69) is 25.6 Å². The van der Waals surface area contributed by atoms with Crippen molar-refractivity contribution >= 4 is 11.7 Å². The van der Waals surface area contributed by atoms with Crippen LogP contribution in [0.4, 0.5) is 23.4 Å². The molecule has 174 valence electrons. The summed E-state index contributed by atoms with van der Waals surface area (Å²) in [5.74, 6) is 1.53. The molecule has 34 heavy (non-hydrogen) atoms. The van der Waals surface area contributed by atoms with Crippen LogP contribution in [0.2, 0.25) is 0 Å². The first kappa shape index (κ1) is 22.1. The third-order valence-corrected chi connectivity index (χ3v) is 5.73. The smallest absolute Gasteiger partial charge is 0.330 e. The average Bonchev–Trinajstić information content (AvgIpc) is 3.66. The van der Waals surface area contributed by atoms with Crippen LogP contribution in [-0.4, -0.2) is 22.3 Å². The zero-order valence-corrected chi connectivity index (χ0v) is 18.2. The summed E-state index contributed by atoms with van der Waals surface area (Å²) in [5, 5.41) is 6.46. The molecule has 5 rings (SSSR count). The van der Waals surface area contributed by atoms with Crippen LogP contribution in [0, 0.1) is 11.7 Å². The maximum absolute atomic E-state index is 14.6. The minimum atomic E-state index is -4.60. The average molecular weight is 467 g/mol. The number of hydrogen-bond donors (Lipinski definition) is 2. The van der Waals surface area contributed by atoms with E-state index in [0.717, 1.165) is 30.3 Å². The van der Waals surface area contributed by atoms with Gasteiger partial charge in [-0.1, -0.05) is 30.3 Å². The molecule has 2 N–H and O–H groups in total. The number of amidine groups is 1. The van der Waals surface area contributed by atoms with Crippen molar-refractivity contribution in [2.75, 3.05) is 11.9 Å². The standard InChI is InChI=1S/C25H21F4N5/c1-14-13-30-23(15-10-11-15)34-22(14)32-21-12-20(17-7-3-5-9-19(17)26)31-24(33-21)16-6-2-4-8-18(16)25(27,28)29/h2-9,12,15H,10-11,13H2,1H3,(H,30,34)(H,31,32,33). The molecule has 5 nitrogen and oxygen atoms in total. The van der Waals surface area contributed by atoms with Crippen LogP contribution in [0.25, 0.3) is 22.6 Å². The van der Waals surface area contributed by atoms with Crippen LogP contribution < -0.4 is 10.6 Å². The molecule has 0 atom stereocenters. The highest BCUT2D eigenvalue weighted by molar-refractivity contribution is 5.89. The van der Waals surface area contributed by atoms with Gasteiger partial charge in [0.05, 0.1) is 17.8 Å². The summed E-state index contributed by atoms with van der Waals surface area (Å²) in [6.45, 7) is 2.41. The van der Waals surface area contributed by atoms with Crippen LogP contribution in [0.1, 0.15) is 25.3 Å². The third kappa shape index (κ3) is 4.50. The summed E-state index contributed by atoms with van der Waals surface area (Å²) in [5.41, 5.74) is 0.224. The summed E-state index contributed by atoms with van der Waals surface area (Å²) >= 11 is 0. The molecule has 1 aliphatic carbocycles. The molecule has 0 spiro atoms. The first-order chi connectivity index (χ1) is 16.3. The molecule has 2 aromatic carbocycles. The number of aromatic nitrogens is 2. The number of nitrogens with zero attached hydrogens (tertiary/aromatic N) is 3. The number of aliphatic imine (C=N–C) groups is 1. The molecule has 3 aromatic rings. The van der Waals surface area contributed by atoms with Crippen molar-refractivity contribution in [2.24, 2.45) is 10.9 Å². The summed E-state index contributed by atoms with van der Waals surface area (Å²) < 4.78 is 55.7. The van der Waals surface area contributed by atoms with Gasteiger partial charge in [-0.05, 0) is 43.5 Å². The monoisotopic (exact) mass is 467 g/mol. The number of anilines is 1. The first-order valence-electron chi connectivity index (χ1n) is 10.9. The highest BCUT2D eigenvalue weighted by atomic mass is 19.4. The van der Waals surface area contributed by atoms with E-state index in [1.54, 1.807) is 6.07 Å². The Labute approximate surface area is 193 Å². The molecule has 2 aliphatic rings. The normalized spacial score (nSPS) is 16.2. The van der Waals surface area contributed by atoms with Crippen molar-refractivity contribution in [3.63, 3.8) is 0 Å². The van der Waals surface area contributed by atoms with Gasteiger partial charge in [0.15, 0.2) is 5.82 Å². The van der Waals surface area contributed by atoms with Crippen LogP contribution >= 0.6 is 0 Å². The number of hydrogen-bond acceptors (Lipinski definition) is 5. The summed E-state index contributed by atoms with van der Waals surface area (Å²) in [6, 6.07) is 12.6. The molecular formula is C25H21F4N5. The molecule has 9 heteroatoms. The van der Waals surface area contributed by atoms with E-state index in [4.69, 9.17) is 0 Å². The maximum atomic E-state index is 14.6. The van der Waals surface area contributed by atoms with E-state index < -0.39 is 17.6 Å². The lowest BCUT2D eigenvalue weighted by Crippen LogP contribution is -2.33. The van der Waals surface area contributed by atoms with Crippen molar-refractivity contribution in [3.8, 4) is 22.6 Å². The van der Waals surface area contributed by atoms with Crippen molar-refractivity contribution in [3.05, 3.63) is 77.4 Å². The Hall–Kier alpha value is -3.75. The van der Waals surface area contributed by atoms with Gasteiger partial charge in [-0.3, -0.25) is 4.99 Å². The Bertz CT molecular complexity index is 1310. The van der Waals surface area contributed by atoms with E-state index in [0.29, 0.717) is 18.3 Å². The second-order valence-corrected chi connectivity index (χ2v) is 8.37. The zero-order valence-electron chi connectivity index (χ0n) is 18.2. The Morgan fingerprint density at radius 2 is 1.68 bits per heavy atom. The van der Waals surface area contributed by atoms with E-state index in [1.165, 1.54) is 42.5 Å². The molecule has 1 fully saturated rings. The lowest BCUT2D eigenvalue weighted by atomic mass is 10.1. The fourth-order valence-electron chi connectivity index (χ4n) is 3.77. The minimum absolute atomic E-state index is 0.152. The number of benzene rings is 2. The predicted octanol–water partition coefficient (Wildman–Crippen LogP) is 6.02. The molecule has 0 unspecified atom stereocenters. The van der Waals surface area contributed by atoms with Crippen molar-refractivity contribution in [1.82, 2.24) is 15.3 Å². The molecule has 1 aliphatic heterocycles. The summed E-state index contributed by atoms with van der Waals surface area (Å²) in [6.07, 6.45) is -2.45. The predicted molar refractivity (Wildman–Crippen MR) is 122 cm³/mol. The Balaban J connectivity index is 1.60. The van der Waals surface area contributed by atoms with Crippen molar-refractivity contribution in [2.45, 2.75) is 25.9 Å². The zero-order chi connectivity index (χ0) is 23.9. The largest absolute Gasteiger partial charge is 0.417 e. The first-order valence-corrected chi connectivity index (χ1v) is 10.9. The van der Waals surface area contributed by atoms with Gasteiger partial charge in [-0.2, -0.15) is 13.2 Å². The minimum Gasteiger partial charge on any atom is -0.330 e. The lowest BCUT2D eigenvalue weighted by Gasteiger charge is -2.22. The van der Waals surface area contributed by atoms with Crippen LogP contribution in [0.3, 0.4) is 0 Å². The van der Waals surface area contributed by atoms with Crippen molar-refractivity contribution < 1.29 is 17.6 Å². The van der Waals surface area contributed by atoms with E-state index in [1.807, 2.05) is 6.92 Å². The second-order valence-electron chi connectivity index (χ2n) is 8.37. The third-order valence-electron chi connectivity index (χ3n) is 5.73. The number of rotatable bonds is 5. The molecule has 2 heterocycles. The Morgan fingerprint density at radius 1 is 0.971 bits per heavy atom. The van der Waals surface area contributed by atoms with Gasteiger partial charge in [0, 0.05) is 23.1 Å². The van der Waals surface area contributed by atoms with Gasteiger partial charge >= 0.3 is 6.18 Å².